The third-order valence-electron chi connectivity index (χ3n) is 4.24. The minimum atomic E-state index is -0.556. The van der Waals surface area contributed by atoms with Crippen LogP contribution in [0.15, 0.2) is 36.5 Å². The average Bonchev–Trinajstić information content (AvgIpc) is 3.03. The van der Waals surface area contributed by atoms with Gasteiger partial charge in [0.05, 0.1) is 12.3 Å². The monoisotopic (exact) mass is 314 g/mol. The van der Waals surface area contributed by atoms with E-state index in [-0.39, 0.29) is 12.1 Å². The van der Waals surface area contributed by atoms with E-state index in [9.17, 15) is 9.90 Å². The number of nitrogens with zero attached hydrogens (tertiary/aromatic N) is 1. The first kappa shape index (κ1) is 15.6. The highest BCUT2D eigenvalue weighted by Crippen LogP contribution is 2.18. The summed E-state index contributed by atoms with van der Waals surface area (Å²) in [6.45, 7) is 0.436. The Labute approximate surface area is 135 Å². The lowest BCUT2D eigenvalue weighted by atomic mass is 9.94. The van der Waals surface area contributed by atoms with Gasteiger partial charge >= 0.3 is 6.03 Å². The highest BCUT2D eigenvalue weighted by molar-refractivity contribution is 5.74. The fourth-order valence-electron chi connectivity index (χ4n) is 2.94. The molecule has 1 heterocycles. The predicted molar refractivity (Wildman–Crippen MR) is 87.0 cm³/mol. The van der Waals surface area contributed by atoms with Crippen molar-refractivity contribution >= 4 is 6.03 Å². The smallest absolute Gasteiger partial charge is 0.315 e. The Hall–Kier alpha value is -2.34. The van der Waals surface area contributed by atoms with E-state index in [1.807, 2.05) is 36.5 Å². The number of aliphatic hydroxyl groups excluding tert-OH is 1. The molecule has 0 saturated heterocycles. The number of carbonyl (C=O) groups is 1. The Kier molecular flexibility index (Phi) is 4.92. The van der Waals surface area contributed by atoms with Crippen molar-refractivity contribution in [2.75, 3.05) is 6.54 Å². The number of amides is 2. The third-order valence-corrected chi connectivity index (χ3v) is 4.24. The molecule has 23 heavy (non-hydrogen) atoms. The molecule has 2 unspecified atom stereocenters. The summed E-state index contributed by atoms with van der Waals surface area (Å²) in [7, 11) is 0. The lowest BCUT2D eigenvalue weighted by Gasteiger charge is -2.23. The van der Waals surface area contributed by atoms with Crippen LogP contribution in [0.3, 0.4) is 0 Å². The maximum atomic E-state index is 12.0. The topological polar surface area (TPSA) is 90.0 Å². The fourth-order valence-corrected chi connectivity index (χ4v) is 2.94. The lowest BCUT2D eigenvalue weighted by molar-refractivity contribution is 0.166. The second-order valence-electron chi connectivity index (χ2n) is 5.93. The SMILES string of the molecule is O=C(NCCC(O)c1ccccc1)NC1CCc2[nH]ncc2C1. The largest absolute Gasteiger partial charge is 0.388 e. The Balaban J connectivity index is 1.39. The van der Waals surface area contributed by atoms with Crippen molar-refractivity contribution in [1.29, 1.82) is 0 Å². The summed E-state index contributed by atoms with van der Waals surface area (Å²) in [4.78, 5) is 12.0. The van der Waals surface area contributed by atoms with Crippen LogP contribution >= 0.6 is 0 Å². The number of nitrogens with one attached hydrogen (secondary N) is 3. The van der Waals surface area contributed by atoms with Gasteiger partial charge in [-0.2, -0.15) is 5.10 Å². The van der Waals surface area contributed by atoms with E-state index in [4.69, 9.17) is 0 Å². The number of urea groups is 1. The van der Waals surface area contributed by atoms with Crippen molar-refractivity contribution in [1.82, 2.24) is 20.8 Å². The first-order valence-corrected chi connectivity index (χ1v) is 8.01. The van der Waals surface area contributed by atoms with Gasteiger partial charge in [0.1, 0.15) is 0 Å². The second-order valence-corrected chi connectivity index (χ2v) is 5.93. The van der Waals surface area contributed by atoms with Gasteiger partial charge in [0, 0.05) is 18.3 Å². The first-order chi connectivity index (χ1) is 11.2. The second kappa shape index (κ2) is 7.28. The van der Waals surface area contributed by atoms with Gasteiger partial charge in [0.15, 0.2) is 0 Å². The Morgan fingerprint density at radius 1 is 1.39 bits per heavy atom. The van der Waals surface area contributed by atoms with Gasteiger partial charge < -0.3 is 15.7 Å². The summed E-state index contributed by atoms with van der Waals surface area (Å²) in [6, 6.07) is 9.43. The number of aromatic amines is 1. The summed E-state index contributed by atoms with van der Waals surface area (Å²) in [5.41, 5.74) is 3.23. The summed E-state index contributed by atoms with van der Waals surface area (Å²) in [6.07, 6.45) is 4.40. The number of benzene rings is 1. The van der Waals surface area contributed by atoms with Crippen LogP contribution in [0.1, 0.15) is 35.8 Å². The van der Waals surface area contributed by atoms with Crippen molar-refractivity contribution in [3.63, 3.8) is 0 Å². The molecule has 2 atom stereocenters. The maximum Gasteiger partial charge on any atom is 0.315 e. The number of aromatic nitrogens is 2. The number of aryl methyl sites for hydroxylation is 1. The van der Waals surface area contributed by atoms with Crippen LogP contribution in [0.25, 0.3) is 0 Å². The van der Waals surface area contributed by atoms with E-state index in [0.29, 0.717) is 13.0 Å². The normalized spacial score (nSPS) is 18.0. The molecule has 0 bridgehead atoms. The van der Waals surface area contributed by atoms with Crippen molar-refractivity contribution in [2.24, 2.45) is 0 Å². The van der Waals surface area contributed by atoms with Gasteiger partial charge in [-0.15, -0.1) is 0 Å². The lowest BCUT2D eigenvalue weighted by Crippen LogP contribution is -2.44. The van der Waals surface area contributed by atoms with E-state index >= 15 is 0 Å². The molecule has 1 aliphatic carbocycles. The van der Waals surface area contributed by atoms with E-state index < -0.39 is 6.10 Å². The molecule has 3 rings (SSSR count). The Morgan fingerprint density at radius 2 is 2.22 bits per heavy atom. The molecule has 2 aromatic rings. The number of hydrogen-bond donors (Lipinski definition) is 4. The van der Waals surface area contributed by atoms with E-state index in [1.165, 1.54) is 11.3 Å². The molecule has 0 saturated carbocycles. The average molecular weight is 314 g/mol. The number of hydrogen-bond acceptors (Lipinski definition) is 3. The van der Waals surface area contributed by atoms with E-state index in [2.05, 4.69) is 20.8 Å². The van der Waals surface area contributed by atoms with Gasteiger partial charge in [-0.05, 0) is 36.8 Å². The molecular formula is C17H22N4O2. The number of fused-ring (bicyclic) bond motifs is 1. The summed E-state index contributed by atoms with van der Waals surface area (Å²) < 4.78 is 0. The highest BCUT2D eigenvalue weighted by atomic mass is 16.3. The molecule has 0 aliphatic heterocycles. The minimum Gasteiger partial charge on any atom is -0.388 e. The molecule has 2 amide bonds. The Bertz CT molecular complexity index is 641. The zero-order valence-electron chi connectivity index (χ0n) is 13.0. The van der Waals surface area contributed by atoms with Crippen molar-refractivity contribution in [2.45, 2.75) is 37.8 Å². The molecular weight excluding hydrogens is 292 g/mol. The van der Waals surface area contributed by atoms with Crippen LogP contribution in [-0.4, -0.2) is 33.9 Å². The molecule has 6 nitrogen and oxygen atoms in total. The highest BCUT2D eigenvalue weighted by Gasteiger charge is 2.21. The zero-order valence-corrected chi connectivity index (χ0v) is 13.0. The van der Waals surface area contributed by atoms with Gasteiger partial charge in [0.2, 0.25) is 0 Å². The molecule has 4 N–H and O–H groups in total. The van der Waals surface area contributed by atoms with Gasteiger partial charge in [-0.1, -0.05) is 30.3 Å². The summed E-state index contributed by atoms with van der Waals surface area (Å²) in [5.74, 6) is 0. The summed E-state index contributed by atoms with van der Waals surface area (Å²) >= 11 is 0. The quantitative estimate of drug-likeness (QED) is 0.677. The third kappa shape index (κ3) is 4.10. The van der Waals surface area contributed by atoms with E-state index in [1.54, 1.807) is 0 Å². The molecule has 1 aliphatic rings. The molecule has 0 spiro atoms. The number of rotatable bonds is 5. The van der Waals surface area contributed by atoms with Crippen LogP contribution < -0.4 is 10.6 Å². The van der Waals surface area contributed by atoms with Crippen LogP contribution in [0.5, 0.6) is 0 Å². The molecule has 6 heteroatoms. The van der Waals surface area contributed by atoms with Crippen LogP contribution in [0.4, 0.5) is 4.79 Å². The molecule has 0 radical (unpaired) electrons. The summed E-state index contributed by atoms with van der Waals surface area (Å²) in [5, 5.41) is 22.9. The predicted octanol–water partition coefficient (Wildman–Crippen LogP) is 1.69. The first-order valence-electron chi connectivity index (χ1n) is 8.01. The number of H-pyrrole nitrogens is 1. The number of carbonyl (C=O) groups excluding carboxylic acids is 1. The molecule has 1 aromatic heterocycles. The fraction of sp³-hybridized carbons (Fsp3) is 0.412. The van der Waals surface area contributed by atoms with Crippen molar-refractivity contribution in [3.8, 4) is 0 Å². The maximum absolute atomic E-state index is 12.0. The standard InChI is InChI=1S/C17H22N4O2/c22-16(12-4-2-1-3-5-12)8-9-18-17(23)20-14-6-7-15-13(10-14)11-19-21-15/h1-5,11,14,16,22H,6-10H2,(H,19,21)(H2,18,20,23). The van der Waals surface area contributed by atoms with Crippen molar-refractivity contribution < 1.29 is 9.90 Å². The van der Waals surface area contributed by atoms with Crippen LogP contribution in [-0.2, 0) is 12.8 Å². The molecule has 0 fully saturated rings. The molecule has 1 aromatic carbocycles. The van der Waals surface area contributed by atoms with Crippen LogP contribution in [0.2, 0.25) is 0 Å². The Morgan fingerprint density at radius 3 is 3.04 bits per heavy atom. The van der Waals surface area contributed by atoms with Gasteiger partial charge in [0.25, 0.3) is 0 Å². The minimum absolute atomic E-state index is 0.138. The van der Waals surface area contributed by atoms with E-state index in [0.717, 1.165) is 24.8 Å². The number of aliphatic hydroxyl groups is 1. The molecule has 122 valence electrons. The van der Waals surface area contributed by atoms with Gasteiger partial charge in [-0.3, -0.25) is 5.10 Å². The van der Waals surface area contributed by atoms with Gasteiger partial charge in [-0.25, -0.2) is 4.79 Å². The zero-order chi connectivity index (χ0) is 16.1. The van der Waals surface area contributed by atoms with Crippen LogP contribution in [0, 0.1) is 0 Å². The van der Waals surface area contributed by atoms with Crippen molar-refractivity contribution in [3.05, 3.63) is 53.3 Å².